The van der Waals surface area contributed by atoms with Gasteiger partial charge in [0.05, 0.1) is 12.4 Å². The van der Waals surface area contributed by atoms with E-state index in [1.54, 1.807) is 67.8 Å². The first-order valence-corrected chi connectivity index (χ1v) is 13.9. The zero-order chi connectivity index (χ0) is 29.2. The summed E-state index contributed by atoms with van der Waals surface area (Å²) in [6.07, 6.45) is 1.57. The standard InChI is InChI=1S/C33H31N3O4S/c1-22-16-18-26(19-17-22)34-31(37)23(2)41-28-14-9-13-27(21-28)35-33(39)29(20-25-12-7-8-15-30(25)40-3)36-32(38)24-10-5-4-6-11-24/h4-21,23H,1-3H3,(H,34,37)(H,35,39)(H,36,38)/b29-20+. The van der Waals surface area contributed by atoms with Crippen LogP contribution in [-0.2, 0) is 9.59 Å². The maximum atomic E-state index is 13.4. The first kappa shape index (κ1) is 29.2. The van der Waals surface area contributed by atoms with Crippen LogP contribution >= 0.6 is 11.8 Å². The second kappa shape index (κ2) is 14.0. The molecule has 208 valence electrons. The van der Waals surface area contributed by atoms with Crippen molar-refractivity contribution >= 4 is 46.9 Å². The molecule has 0 spiro atoms. The molecule has 0 fully saturated rings. The fraction of sp³-hybridized carbons (Fsp3) is 0.121. The van der Waals surface area contributed by atoms with E-state index in [0.29, 0.717) is 22.6 Å². The molecule has 0 aliphatic carbocycles. The summed E-state index contributed by atoms with van der Waals surface area (Å²) in [7, 11) is 1.54. The molecule has 0 aliphatic rings. The summed E-state index contributed by atoms with van der Waals surface area (Å²) in [4.78, 5) is 39.9. The van der Waals surface area contributed by atoms with Gasteiger partial charge < -0.3 is 20.7 Å². The minimum atomic E-state index is -0.507. The normalized spacial score (nSPS) is 11.7. The zero-order valence-corrected chi connectivity index (χ0v) is 23.8. The number of carbonyl (C=O) groups is 3. The van der Waals surface area contributed by atoms with E-state index in [-0.39, 0.29) is 16.9 Å². The third-order valence-corrected chi connectivity index (χ3v) is 7.15. The van der Waals surface area contributed by atoms with Crippen molar-refractivity contribution in [2.45, 2.75) is 24.0 Å². The highest BCUT2D eigenvalue weighted by Gasteiger charge is 2.18. The maximum Gasteiger partial charge on any atom is 0.272 e. The molecule has 8 heteroatoms. The van der Waals surface area contributed by atoms with Gasteiger partial charge in [-0.2, -0.15) is 0 Å². The molecule has 0 aliphatic heterocycles. The predicted octanol–water partition coefficient (Wildman–Crippen LogP) is 6.53. The fourth-order valence-corrected chi connectivity index (χ4v) is 4.79. The average Bonchev–Trinajstić information content (AvgIpc) is 2.98. The number of methoxy groups -OCH3 is 1. The number of aryl methyl sites for hydroxylation is 1. The number of para-hydroxylation sites is 1. The first-order chi connectivity index (χ1) is 19.8. The minimum absolute atomic E-state index is 0.0484. The molecular formula is C33H31N3O4S. The molecule has 0 heterocycles. The Hall–Kier alpha value is -4.82. The van der Waals surface area contributed by atoms with E-state index in [4.69, 9.17) is 4.74 Å². The van der Waals surface area contributed by atoms with Crippen molar-refractivity contribution in [3.63, 3.8) is 0 Å². The van der Waals surface area contributed by atoms with Gasteiger partial charge in [0.25, 0.3) is 11.8 Å². The molecule has 1 unspecified atom stereocenters. The molecule has 7 nitrogen and oxygen atoms in total. The Balaban J connectivity index is 1.50. The van der Waals surface area contributed by atoms with Crippen LogP contribution in [0.25, 0.3) is 6.08 Å². The van der Waals surface area contributed by atoms with Crippen molar-refractivity contribution in [3.05, 3.63) is 126 Å². The highest BCUT2D eigenvalue weighted by Crippen LogP contribution is 2.27. The van der Waals surface area contributed by atoms with Gasteiger partial charge in [-0.15, -0.1) is 11.8 Å². The van der Waals surface area contributed by atoms with Gasteiger partial charge >= 0.3 is 0 Å². The van der Waals surface area contributed by atoms with Gasteiger partial charge in [-0.05, 0) is 68.5 Å². The van der Waals surface area contributed by atoms with Crippen molar-refractivity contribution in [1.29, 1.82) is 0 Å². The quantitative estimate of drug-likeness (QED) is 0.150. The molecular weight excluding hydrogens is 534 g/mol. The van der Waals surface area contributed by atoms with E-state index in [0.717, 1.165) is 16.1 Å². The highest BCUT2D eigenvalue weighted by atomic mass is 32.2. The monoisotopic (exact) mass is 565 g/mol. The topological polar surface area (TPSA) is 96.5 Å². The molecule has 0 radical (unpaired) electrons. The van der Waals surface area contributed by atoms with E-state index in [1.165, 1.54) is 11.8 Å². The van der Waals surface area contributed by atoms with Gasteiger partial charge in [-0.25, -0.2) is 0 Å². The summed E-state index contributed by atoms with van der Waals surface area (Å²) in [5, 5.41) is 8.15. The maximum absolute atomic E-state index is 13.4. The summed E-state index contributed by atoms with van der Waals surface area (Å²) in [5.74, 6) is -0.492. The molecule has 0 saturated carbocycles. The van der Waals surface area contributed by atoms with Crippen molar-refractivity contribution < 1.29 is 19.1 Å². The van der Waals surface area contributed by atoms with Crippen LogP contribution < -0.4 is 20.7 Å². The Kier molecular flexibility index (Phi) is 9.96. The summed E-state index contributed by atoms with van der Waals surface area (Å²) in [5.41, 5.74) is 3.47. The van der Waals surface area contributed by atoms with E-state index < -0.39 is 11.8 Å². The summed E-state index contributed by atoms with van der Waals surface area (Å²) in [6.45, 7) is 3.82. The average molecular weight is 566 g/mol. The molecule has 4 aromatic rings. The van der Waals surface area contributed by atoms with Crippen LogP contribution in [0.4, 0.5) is 11.4 Å². The molecule has 0 bridgehead atoms. The SMILES string of the molecule is COc1ccccc1/C=C(/NC(=O)c1ccccc1)C(=O)Nc1cccc(SC(C)C(=O)Nc2ccc(C)cc2)c1. The second-order valence-corrected chi connectivity index (χ2v) is 10.6. The van der Waals surface area contributed by atoms with Gasteiger partial charge in [0, 0.05) is 27.4 Å². The highest BCUT2D eigenvalue weighted by molar-refractivity contribution is 8.00. The number of hydrogen-bond donors (Lipinski definition) is 3. The lowest BCUT2D eigenvalue weighted by atomic mass is 10.1. The van der Waals surface area contributed by atoms with Crippen molar-refractivity contribution in [2.24, 2.45) is 0 Å². The Bertz CT molecular complexity index is 1550. The van der Waals surface area contributed by atoms with Crippen LogP contribution in [0, 0.1) is 6.92 Å². The number of rotatable bonds is 10. The lowest BCUT2D eigenvalue weighted by Gasteiger charge is -2.14. The molecule has 4 rings (SSSR count). The smallest absolute Gasteiger partial charge is 0.272 e. The third kappa shape index (κ3) is 8.33. The number of hydrogen-bond acceptors (Lipinski definition) is 5. The Morgan fingerprint density at radius 1 is 0.805 bits per heavy atom. The summed E-state index contributed by atoms with van der Waals surface area (Å²) < 4.78 is 5.42. The number of carbonyl (C=O) groups excluding carboxylic acids is 3. The van der Waals surface area contributed by atoms with E-state index in [9.17, 15) is 14.4 Å². The minimum Gasteiger partial charge on any atom is -0.496 e. The second-order valence-electron chi connectivity index (χ2n) is 9.22. The summed E-state index contributed by atoms with van der Waals surface area (Å²) in [6, 6.07) is 30.7. The largest absolute Gasteiger partial charge is 0.496 e. The molecule has 3 N–H and O–H groups in total. The van der Waals surface area contributed by atoms with Gasteiger partial charge in [-0.1, -0.05) is 60.2 Å². The Labute approximate surface area is 244 Å². The van der Waals surface area contributed by atoms with E-state index in [1.807, 2.05) is 62.4 Å². The van der Waals surface area contributed by atoms with Crippen LogP contribution in [0.15, 0.2) is 114 Å². The fourth-order valence-electron chi connectivity index (χ4n) is 3.87. The molecule has 41 heavy (non-hydrogen) atoms. The van der Waals surface area contributed by atoms with Gasteiger partial charge in [-0.3, -0.25) is 14.4 Å². The first-order valence-electron chi connectivity index (χ1n) is 13.0. The molecule has 3 amide bonds. The predicted molar refractivity (Wildman–Crippen MR) is 165 cm³/mol. The number of amides is 3. The number of benzene rings is 4. The van der Waals surface area contributed by atoms with Crippen LogP contribution in [-0.4, -0.2) is 30.1 Å². The third-order valence-electron chi connectivity index (χ3n) is 6.06. The molecule has 0 aromatic heterocycles. The van der Waals surface area contributed by atoms with Crippen LogP contribution in [0.5, 0.6) is 5.75 Å². The van der Waals surface area contributed by atoms with Crippen LogP contribution in [0.3, 0.4) is 0 Å². The number of thioether (sulfide) groups is 1. The molecule has 4 aromatic carbocycles. The van der Waals surface area contributed by atoms with Gasteiger partial charge in [0.15, 0.2) is 0 Å². The zero-order valence-electron chi connectivity index (χ0n) is 23.0. The number of anilines is 2. The number of ether oxygens (including phenoxy) is 1. The van der Waals surface area contributed by atoms with Crippen molar-refractivity contribution in [3.8, 4) is 5.75 Å². The van der Waals surface area contributed by atoms with Gasteiger partial charge in [0.2, 0.25) is 5.91 Å². The molecule has 1 atom stereocenters. The number of nitrogens with one attached hydrogen (secondary N) is 3. The Morgan fingerprint density at radius 2 is 1.51 bits per heavy atom. The lowest BCUT2D eigenvalue weighted by molar-refractivity contribution is -0.115. The van der Waals surface area contributed by atoms with E-state index >= 15 is 0 Å². The van der Waals surface area contributed by atoms with Gasteiger partial charge in [0.1, 0.15) is 11.4 Å². The van der Waals surface area contributed by atoms with Crippen LogP contribution in [0.2, 0.25) is 0 Å². The van der Waals surface area contributed by atoms with Crippen LogP contribution in [0.1, 0.15) is 28.4 Å². The molecule has 0 saturated heterocycles. The van der Waals surface area contributed by atoms with Crippen molar-refractivity contribution in [2.75, 3.05) is 17.7 Å². The Morgan fingerprint density at radius 3 is 2.24 bits per heavy atom. The summed E-state index contributed by atoms with van der Waals surface area (Å²) >= 11 is 1.37. The van der Waals surface area contributed by atoms with E-state index in [2.05, 4.69) is 16.0 Å². The lowest BCUT2D eigenvalue weighted by Crippen LogP contribution is -2.30. The van der Waals surface area contributed by atoms with Crippen molar-refractivity contribution in [1.82, 2.24) is 5.32 Å².